The number of allylic oxidation sites excluding steroid dienone is 3. The molecule has 3 N–H and O–H groups in total. The zero-order valence-electron chi connectivity index (χ0n) is 12.8. The summed E-state index contributed by atoms with van der Waals surface area (Å²) in [5.74, 6) is 0.455. The molecule has 126 valence electrons. The molecular weight excluding hydrogens is 339 g/mol. The van der Waals surface area contributed by atoms with Gasteiger partial charge in [0.25, 0.3) is 0 Å². The first kappa shape index (κ1) is 16.6. The van der Waals surface area contributed by atoms with Crippen molar-refractivity contribution in [1.82, 2.24) is 4.98 Å². The minimum atomic E-state index is -4.46. The van der Waals surface area contributed by atoms with Crippen molar-refractivity contribution in [3.8, 4) is 0 Å². The van der Waals surface area contributed by atoms with Crippen molar-refractivity contribution in [2.75, 3.05) is 11.1 Å². The third-order valence-corrected chi connectivity index (χ3v) is 4.40. The van der Waals surface area contributed by atoms with E-state index in [1.807, 2.05) is 19.1 Å². The molecule has 0 saturated heterocycles. The number of alkyl halides is 4. The molecule has 1 aromatic carbocycles. The van der Waals surface area contributed by atoms with Gasteiger partial charge in [0.2, 0.25) is 0 Å². The summed E-state index contributed by atoms with van der Waals surface area (Å²) in [6, 6.07) is 5.48. The Balaban J connectivity index is 1.99. The van der Waals surface area contributed by atoms with E-state index < -0.39 is 17.1 Å². The lowest BCUT2D eigenvalue weighted by atomic mass is 10.0. The number of hydrogen-bond donors (Lipinski definition) is 2. The van der Waals surface area contributed by atoms with Gasteiger partial charge in [0.05, 0.1) is 11.0 Å². The summed E-state index contributed by atoms with van der Waals surface area (Å²) in [5.41, 5.74) is 7.19. The average Bonchev–Trinajstić information content (AvgIpc) is 2.52. The summed E-state index contributed by atoms with van der Waals surface area (Å²) >= 11 is 5.78. The Hall–Kier alpha value is -2.21. The molecule has 0 spiro atoms. The van der Waals surface area contributed by atoms with Gasteiger partial charge in [-0.05, 0) is 31.1 Å². The van der Waals surface area contributed by atoms with Gasteiger partial charge in [-0.15, -0.1) is 11.6 Å². The number of rotatable bonds is 2. The molecule has 0 bridgehead atoms. The molecule has 0 aliphatic heterocycles. The van der Waals surface area contributed by atoms with Crippen molar-refractivity contribution in [1.29, 1.82) is 0 Å². The number of hydrogen-bond acceptors (Lipinski definition) is 3. The predicted molar refractivity (Wildman–Crippen MR) is 91.0 cm³/mol. The largest absolute Gasteiger partial charge is 0.414 e. The molecule has 7 heteroatoms. The third kappa shape index (κ3) is 3.06. The molecule has 0 amide bonds. The topological polar surface area (TPSA) is 50.9 Å². The van der Waals surface area contributed by atoms with Crippen LogP contribution < -0.4 is 11.1 Å². The number of benzene rings is 1. The van der Waals surface area contributed by atoms with Crippen LogP contribution in [0.1, 0.15) is 12.0 Å². The maximum Gasteiger partial charge on any atom is 0.414 e. The summed E-state index contributed by atoms with van der Waals surface area (Å²) in [6.07, 6.45) is -0.130. The Morgan fingerprint density at radius 1 is 1.25 bits per heavy atom. The van der Waals surface area contributed by atoms with Gasteiger partial charge in [-0.1, -0.05) is 18.2 Å². The first-order chi connectivity index (χ1) is 11.3. The molecular formula is C17H15ClF3N3. The third-order valence-electron chi connectivity index (χ3n) is 3.99. The lowest BCUT2D eigenvalue weighted by molar-refractivity contribution is -0.0936. The average molecular weight is 354 g/mol. The fraction of sp³-hybridized carbons (Fsp3) is 0.235. The van der Waals surface area contributed by atoms with E-state index in [1.165, 1.54) is 0 Å². The van der Waals surface area contributed by atoms with Crippen LogP contribution in [0.15, 0.2) is 47.8 Å². The maximum atomic E-state index is 13.0. The smallest absolute Gasteiger partial charge is 0.398 e. The Morgan fingerprint density at radius 3 is 2.71 bits per heavy atom. The number of anilines is 2. The fourth-order valence-corrected chi connectivity index (χ4v) is 2.92. The number of aryl methyl sites for hydroxylation is 1. The highest BCUT2D eigenvalue weighted by atomic mass is 35.5. The fourth-order valence-electron chi connectivity index (χ4n) is 2.64. The first-order valence-corrected chi connectivity index (χ1v) is 7.75. The second-order valence-corrected chi connectivity index (χ2v) is 6.16. The molecule has 1 heterocycles. The van der Waals surface area contributed by atoms with Crippen LogP contribution in [0.3, 0.4) is 0 Å². The predicted octanol–water partition coefficient (Wildman–Crippen LogP) is 4.92. The number of halogens is 4. The molecule has 0 fully saturated rings. The van der Waals surface area contributed by atoms with Crippen molar-refractivity contribution in [2.24, 2.45) is 0 Å². The second-order valence-electron chi connectivity index (χ2n) is 5.64. The van der Waals surface area contributed by atoms with Crippen molar-refractivity contribution >= 4 is 33.9 Å². The molecule has 1 unspecified atom stereocenters. The summed E-state index contributed by atoms with van der Waals surface area (Å²) in [5, 5.41) is 3.43. The van der Waals surface area contributed by atoms with Crippen LogP contribution in [0.4, 0.5) is 24.7 Å². The van der Waals surface area contributed by atoms with E-state index >= 15 is 0 Å². The van der Waals surface area contributed by atoms with Crippen LogP contribution in [0.2, 0.25) is 0 Å². The highest BCUT2D eigenvalue weighted by Gasteiger charge is 2.39. The molecule has 1 aromatic heterocycles. The highest BCUT2D eigenvalue weighted by molar-refractivity contribution is 6.22. The van der Waals surface area contributed by atoms with E-state index in [9.17, 15) is 13.2 Å². The van der Waals surface area contributed by atoms with Gasteiger partial charge in [0.15, 0.2) is 0 Å². The van der Waals surface area contributed by atoms with Crippen molar-refractivity contribution in [3.63, 3.8) is 0 Å². The van der Waals surface area contributed by atoms with Crippen molar-refractivity contribution < 1.29 is 13.2 Å². The van der Waals surface area contributed by atoms with Gasteiger partial charge < -0.3 is 11.1 Å². The number of fused-ring (bicyclic) bond motifs is 1. The minimum Gasteiger partial charge on any atom is -0.398 e. The van der Waals surface area contributed by atoms with Crippen LogP contribution in [0.25, 0.3) is 10.8 Å². The van der Waals surface area contributed by atoms with Gasteiger partial charge >= 0.3 is 6.18 Å². The molecule has 24 heavy (non-hydrogen) atoms. The summed E-state index contributed by atoms with van der Waals surface area (Å²) in [7, 11) is 0. The normalized spacial score (nSPS) is 18.3. The first-order valence-electron chi connectivity index (χ1n) is 7.31. The summed E-state index contributed by atoms with van der Waals surface area (Å²) < 4.78 is 39.0. The van der Waals surface area contributed by atoms with Crippen LogP contribution in [-0.4, -0.2) is 16.5 Å². The van der Waals surface area contributed by atoms with Gasteiger partial charge in [-0.2, -0.15) is 13.2 Å². The molecule has 1 aliphatic carbocycles. The van der Waals surface area contributed by atoms with E-state index in [2.05, 4.69) is 10.3 Å². The number of nitrogen functional groups attached to an aromatic ring is 1. The molecule has 1 atom stereocenters. The number of aromatic nitrogens is 1. The van der Waals surface area contributed by atoms with Crippen molar-refractivity contribution in [3.05, 3.63) is 53.4 Å². The second kappa shape index (κ2) is 6.02. The maximum absolute atomic E-state index is 13.0. The monoisotopic (exact) mass is 353 g/mol. The van der Waals surface area contributed by atoms with Crippen LogP contribution >= 0.6 is 11.6 Å². The number of nitrogens with two attached hydrogens (primary N) is 1. The Bertz CT molecular complexity index is 856. The van der Waals surface area contributed by atoms with E-state index in [4.69, 9.17) is 17.3 Å². The zero-order valence-corrected chi connectivity index (χ0v) is 13.5. The highest BCUT2D eigenvalue weighted by Crippen LogP contribution is 2.36. The zero-order chi connectivity index (χ0) is 17.5. The molecule has 0 saturated carbocycles. The standard InChI is InChI=1S/C17H15ClF3N3/c1-9-2-4-12-11(15(9)22)6-7-23-16(12)24-10-3-5-14(18)13(8-10)17(19,20)21/h2-4,6-8,14H,5,22H2,1H3,(H,23,24). The van der Waals surface area contributed by atoms with E-state index in [-0.39, 0.29) is 6.42 Å². The SMILES string of the molecule is Cc1ccc2c(NC3=CCC(Cl)C(C(F)(F)F)=C3)nccc2c1N. The number of nitrogens with one attached hydrogen (secondary N) is 1. The van der Waals surface area contributed by atoms with E-state index in [0.29, 0.717) is 17.2 Å². The van der Waals surface area contributed by atoms with Crippen LogP contribution in [-0.2, 0) is 0 Å². The lowest BCUT2D eigenvalue weighted by Crippen LogP contribution is -2.23. The van der Waals surface area contributed by atoms with Crippen LogP contribution in [0, 0.1) is 6.92 Å². The van der Waals surface area contributed by atoms with Gasteiger partial charge in [-0.25, -0.2) is 4.98 Å². The summed E-state index contributed by atoms with van der Waals surface area (Å²) in [4.78, 5) is 4.23. The molecule has 3 nitrogen and oxygen atoms in total. The minimum absolute atomic E-state index is 0.0985. The number of pyridine rings is 1. The van der Waals surface area contributed by atoms with Crippen LogP contribution in [0.5, 0.6) is 0 Å². The molecule has 1 aliphatic rings. The van der Waals surface area contributed by atoms with Gasteiger partial charge in [-0.3, -0.25) is 0 Å². The Morgan fingerprint density at radius 2 is 2.00 bits per heavy atom. The number of nitrogens with zero attached hydrogens (tertiary/aromatic N) is 1. The van der Waals surface area contributed by atoms with E-state index in [0.717, 1.165) is 22.4 Å². The molecule has 3 rings (SSSR count). The Labute approximate surface area is 142 Å². The van der Waals surface area contributed by atoms with E-state index in [1.54, 1.807) is 18.3 Å². The molecule has 2 aromatic rings. The van der Waals surface area contributed by atoms with Gasteiger partial charge in [0.1, 0.15) is 5.82 Å². The Kier molecular flexibility index (Phi) is 4.17. The molecule has 0 radical (unpaired) electrons. The lowest BCUT2D eigenvalue weighted by Gasteiger charge is -2.22. The quantitative estimate of drug-likeness (QED) is 0.595. The van der Waals surface area contributed by atoms with Gasteiger partial charge in [0, 0.05) is 28.4 Å². The van der Waals surface area contributed by atoms with Crippen molar-refractivity contribution in [2.45, 2.75) is 24.9 Å². The summed E-state index contributed by atoms with van der Waals surface area (Å²) in [6.45, 7) is 1.89.